The van der Waals surface area contributed by atoms with Crippen molar-refractivity contribution >= 4 is 17.3 Å². The summed E-state index contributed by atoms with van der Waals surface area (Å²) in [4.78, 5) is 14.5. The lowest BCUT2D eigenvalue weighted by molar-refractivity contribution is -0.136. The predicted molar refractivity (Wildman–Crippen MR) is 63.4 cm³/mol. The number of benzene rings is 1. The molecule has 0 aliphatic heterocycles. The Morgan fingerprint density at radius 3 is 2.89 bits per heavy atom. The molecule has 0 spiro atoms. The Hall–Kier alpha value is -1.82. The number of carbonyl (C=O) groups is 1. The van der Waals surface area contributed by atoms with Crippen LogP contribution in [-0.2, 0) is 11.2 Å². The summed E-state index contributed by atoms with van der Waals surface area (Å²) in [5.41, 5.74) is 0.421. The molecule has 2 rings (SSSR count). The molecule has 1 N–H and O–H groups in total. The van der Waals surface area contributed by atoms with Gasteiger partial charge in [0.2, 0.25) is 0 Å². The van der Waals surface area contributed by atoms with Gasteiger partial charge in [0.05, 0.1) is 17.1 Å². The van der Waals surface area contributed by atoms with Crippen LogP contribution in [-0.4, -0.2) is 16.1 Å². The van der Waals surface area contributed by atoms with Crippen LogP contribution < -0.4 is 0 Å². The molecule has 0 radical (unpaired) electrons. The number of aromatic nitrogens is 1. The molecule has 6 heteroatoms. The van der Waals surface area contributed by atoms with Crippen LogP contribution in [0, 0.1) is 11.6 Å². The molecule has 0 saturated carbocycles. The first kappa shape index (κ1) is 12.6. The molecule has 0 amide bonds. The van der Waals surface area contributed by atoms with Crippen molar-refractivity contribution in [1.82, 2.24) is 4.98 Å². The molecule has 0 aliphatic rings. The van der Waals surface area contributed by atoms with E-state index in [1.54, 1.807) is 5.38 Å². The number of carboxylic acids is 1. The van der Waals surface area contributed by atoms with Gasteiger partial charge in [-0.3, -0.25) is 4.79 Å². The van der Waals surface area contributed by atoms with Crippen LogP contribution in [0.5, 0.6) is 0 Å². The zero-order valence-corrected chi connectivity index (χ0v) is 10.0. The van der Waals surface area contributed by atoms with Crippen molar-refractivity contribution in [3.05, 3.63) is 40.2 Å². The number of nitrogens with zero attached hydrogens (tertiary/aromatic N) is 1. The van der Waals surface area contributed by atoms with Gasteiger partial charge in [0.25, 0.3) is 0 Å². The van der Waals surface area contributed by atoms with Crippen LogP contribution in [0.3, 0.4) is 0 Å². The fourth-order valence-corrected chi connectivity index (χ4v) is 2.26. The third kappa shape index (κ3) is 2.89. The van der Waals surface area contributed by atoms with Gasteiger partial charge < -0.3 is 5.11 Å². The quantitative estimate of drug-likeness (QED) is 0.927. The molecule has 18 heavy (non-hydrogen) atoms. The van der Waals surface area contributed by atoms with Crippen LogP contribution in [0.25, 0.3) is 11.3 Å². The van der Waals surface area contributed by atoms with Crippen LogP contribution >= 0.6 is 11.3 Å². The van der Waals surface area contributed by atoms with E-state index in [9.17, 15) is 13.6 Å². The summed E-state index contributed by atoms with van der Waals surface area (Å²) in [6.45, 7) is 0. The maximum Gasteiger partial charge on any atom is 0.303 e. The van der Waals surface area contributed by atoms with Crippen molar-refractivity contribution in [2.24, 2.45) is 0 Å². The highest BCUT2D eigenvalue weighted by Crippen LogP contribution is 2.25. The SMILES string of the molecule is O=C(O)CCc1nc(-c2cc(F)ccc2F)cs1. The van der Waals surface area contributed by atoms with Crippen molar-refractivity contribution < 1.29 is 18.7 Å². The molecule has 0 unspecified atom stereocenters. The Balaban J connectivity index is 2.23. The maximum absolute atomic E-state index is 13.5. The summed E-state index contributed by atoms with van der Waals surface area (Å²) in [5.74, 6) is -2.00. The number of hydrogen-bond donors (Lipinski definition) is 1. The van der Waals surface area contributed by atoms with Gasteiger partial charge in [-0.05, 0) is 18.2 Å². The molecule has 0 atom stereocenters. The van der Waals surface area contributed by atoms with Crippen LogP contribution in [0.1, 0.15) is 11.4 Å². The lowest BCUT2D eigenvalue weighted by atomic mass is 10.1. The molecular formula is C12H9F2NO2S. The highest BCUT2D eigenvalue weighted by atomic mass is 32.1. The highest BCUT2D eigenvalue weighted by Gasteiger charge is 2.11. The monoisotopic (exact) mass is 269 g/mol. The molecule has 94 valence electrons. The maximum atomic E-state index is 13.5. The first-order valence-corrected chi connectivity index (χ1v) is 6.06. The Morgan fingerprint density at radius 1 is 1.39 bits per heavy atom. The Kier molecular flexibility index (Phi) is 3.66. The van der Waals surface area contributed by atoms with Crippen molar-refractivity contribution in [3.8, 4) is 11.3 Å². The van der Waals surface area contributed by atoms with E-state index in [0.717, 1.165) is 18.2 Å². The van der Waals surface area contributed by atoms with E-state index in [1.165, 1.54) is 11.3 Å². The number of carboxylic acid groups (broad SMARTS) is 1. The summed E-state index contributed by atoms with van der Waals surface area (Å²) in [6.07, 6.45) is 0.259. The van der Waals surface area contributed by atoms with Crippen molar-refractivity contribution in [3.63, 3.8) is 0 Å². The third-order valence-electron chi connectivity index (χ3n) is 2.31. The summed E-state index contributed by atoms with van der Waals surface area (Å²) in [5, 5.41) is 10.7. The minimum Gasteiger partial charge on any atom is -0.481 e. The number of thiazole rings is 1. The van der Waals surface area contributed by atoms with E-state index in [2.05, 4.69) is 4.98 Å². The second-order valence-corrected chi connectivity index (χ2v) is 4.59. The summed E-state index contributed by atoms with van der Waals surface area (Å²) in [6, 6.07) is 3.16. The van der Waals surface area contributed by atoms with Gasteiger partial charge in [0.1, 0.15) is 11.6 Å². The van der Waals surface area contributed by atoms with Gasteiger partial charge >= 0.3 is 5.97 Å². The molecule has 1 aromatic heterocycles. The second-order valence-electron chi connectivity index (χ2n) is 3.64. The van der Waals surface area contributed by atoms with Crippen LogP contribution in [0.4, 0.5) is 8.78 Å². The normalized spacial score (nSPS) is 10.6. The first-order chi connectivity index (χ1) is 8.56. The van der Waals surface area contributed by atoms with E-state index in [0.29, 0.717) is 10.7 Å². The average Bonchev–Trinajstić information content (AvgIpc) is 2.78. The molecule has 0 bridgehead atoms. The smallest absolute Gasteiger partial charge is 0.303 e. The molecule has 0 fully saturated rings. The Bertz CT molecular complexity index is 583. The van der Waals surface area contributed by atoms with Crippen molar-refractivity contribution in [2.75, 3.05) is 0 Å². The van der Waals surface area contributed by atoms with Crippen molar-refractivity contribution in [2.45, 2.75) is 12.8 Å². The summed E-state index contributed by atoms with van der Waals surface area (Å²) >= 11 is 1.24. The van der Waals surface area contributed by atoms with Gasteiger partial charge in [-0.25, -0.2) is 13.8 Å². The Morgan fingerprint density at radius 2 is 2.17 bits per heavy atom. The molecule has 0 saturated heterocycles. The molecule has 2 aromatic rings. The van der Waals surface area contributed by atoms with Crippen LogP contribution in [0.2, 0.25) is 0 Å². The fourth-order valence-electron chi connectivity index (χ4n) is 1.46. The number of hydrogen-bond acceptors (Lipinski definition) is 3. The lowest BCUT2D eigenvalue weighted by Crippen LogP contribution is -1.97. The number of aryl methyl sites for hydroxylation is 1. The topological polar surface area (TPSA) is 50.2 Å². The van der Waals surface area contributed by atoms with E-state index in [4.69, 9.17) is 5.11 Å². The highest BCUT2D eigenvalue weighted by molar-refractivity contribution is 7.09. The van der Waals surface area contributed by atoms with Crippen molar-refractivity contribution in [1.29, 1.82) is 0 Å². The lowest BCUT2D eigenvalue weighted by Gasteiger charge is -1.99. The van der Waals surface area contributed by atoms with E-state index in [-0.39, 0.29) is 18.4 Å². The predicted octanol–water partition coefficient (Wildman–Crippen LogP) is 3.11. The number of aliphatic carboxylic acids is 1. The minimum atomic E-state index is -0.913. The van der Waals surface area contributed by atoms with E-state index in [1.807, 2.05) is 0 Å². The third-order valence-corrected chi connectivity index (χ3v) is 3.22. The summed E-state index contributed by atoms with van der Waals surface area (Å²) < 4.78 is 26.5. The van der Waals surface area contributed by atoms with Gasteiger partial charge in [-0.15, -0.1) is 11.3 Å². The van der Waals surface area contributed by atoms with E-state index < -0.39 is 17.6 Å². The molecule has 1 aromatic carbocycles. The largest absolute Gasteiger partial charge is 0.481 e. The van der Waals surface area contributed by atoms with E-state index >= 15 is 0 Å². The van der Waals surface area contributed by atoms with Gasteiger partial charge in [0, 0.05) is 17.4 Å². The number of rotatable bonds is 4. The minimum absolute atomic E-state index is 0.0292. The fraction of sp³-hybridized carbons (Fsp3) is 0.167. The number of halogens is 2. The zero-order chi connectivity index (χ0) is 13.1. The molecule has 0 aliphatic carbocycles. The molecule has 1 heterocycles. The zero-order valence-electron chi connectivity index (χ0n) is 9.19. The molecular weight excluding hydrogens is 260 g/mol. The van der Waals surface area contributed by atoms with Gasteiger partial charge in [-0.1, -0.05) is 0 Å². The van der Waals surface area contributed by atoms with Crippen LogP contribution in [0.15, 0.2) is 23.6 Å². The summed E-state index contributed by atoms with van der Waals surface area (Å²) in [7, 11) is 0. The standard InChI is InChI=1S/C12H9F2NO2S/c13-7-1-2-9(14)8(5-7)10-6-18-11(15-10)3-4-12(16)17/h1-2,5-6H,3-4H2,(H,16,17). The molecule has 3 nitrogen and oxygen atoms in total. The first-order valence-electron chi connectivity index (χ1n) is 5.18. The van der Waals surface area contributed by atoms with Gasteiger partial charge in [0.15, 0.2) is 0 Å². The van der Waals surface area contributed by atoms with Gasteiger partial charge in [-0.2, -0.15) is 0 Å². The Labute approximate surface area is 106 Å². The average molecular weight is 269 g/mol. The second kappa shape index (κ2) is 5.22.